The molecular formula is C5H12ClO3P. The van der Waals surface area contributed by atoms with Gasteiger partial charge in [-0.3, -0.25) is 4.57 Å². The Morgan fingerprint density at radius 1 is 1.70 bits per heavy atom. The predicted molar refractivity (Wildman–Crippen MR) is 41.7 cm³/mol. The number of halogens is 1. The van der Waals surface area contributed by atoms with Crippen LogP contribution < -0.4 is 0 Å². The van der Waals surface area contributed by atoms with Gasteiger partial charge in [0, 0.05) is 5.41 Å². The van der Waals surface area contributed by atoms with Crippen LogP contribution in [0.15, 0.2) is 0 Å². The molecule has 0 rings (SSSR count). The Morgan fingerprint density at radius 2 is 2.20 bits per heavy atom. The lowest BCUT2D eigenvalue weighted by atomic mass is 9.97. The second-order valence-electron chi connectivity index (χ2n) is 2.85. The number of hydrogen-bond donors (Lipinski definition) is 1. The summed E-state index contributed by atoms with van der Waals surface area (Å²) < 4.78 is 14.9. The van der Waals surface area contributed by atoms with Gasteiger partial charge in [-0.25, -0.2) is 0 Å². The average molecular weight is 187 g/mol. The maximum absolute atomic E-state index is 10.3. The Balaban J connectivity index is 3.56. The third-order valence-electron chi connectivity index (χ3n) is 1.00. The van der Waals surface area contributed by atoms with Gasteiger partial charge in [0.05, 0.1) is 13.2 Å². The van der Waals surface area contributed by atoms with Crippen LogP contribution in [0.1, 0.15) is 13.8 Å². The van der Waals surface area contributed by atoms with E-state index in [2.05, 4.69) is 4.52 Å². The largest absolute Gasteiger partial charge is 0.396 e. The monoisotopic (exact) mass is 186 g/mol. The van der Waals surface area contributed by atoms with E-state index in [0.29, 0.717) is 0 Å². The first-order chi connectivity index (χ1) is 4.48. The molecule has 1 unspecified atom stereocenters. The maximum Gasteiger partial charge on any atom is 0.278 e. The molecule has 0 fully saturated rings. The molecule has 0 saturated carbocycles. The quantitative estimate of drug-likeness (QED) is 0.679. The molecule has 0 aliphatic rings. The summed E-state index contributed by atoms with van der Waals surface area (Å²) in [5.74, 6) is 0. The van der Waals surface area contributed by atoms with Crippen LogP contribution in [0, 0.1) is 5.41 Å². The van der Waals surface area contributed by atoms with Gasteiger partial charge in [-0.05, 0) is 11.2 Å². The minimum atomic E-state index is -2.37. The number of rotatable bonds is 4. The lowest BCUT2D eigenvalue weighted by molar-refractivity contribution is 0.103. The van der Waals surface area contributed by atoms with Crippen LogP contribution >= 0.6 is 18.6 Å². The first-order valence-electron chi connectivity index (χ1n) is 2.91. The van der Waals surface area contributed by atoms with Crippen LogP contribution in [-0.2, 0) is 9.09 Å². The number of aliphatic hydroxyl groups is 1. The second kappa shape index (κ2) is 4.35. The van der Waals surface area contributed by atoms with Gasteiger partial charge in [-0.15, -0.1) is 0 Å². The first-order valence-corrected chi connectivity index (χ1v) is 5.24. The molecule has 0 spiro atoms. The Hall–Kier alpha value is 0.440. The zero-order valence-corrected chi connectivity index (χ0v) is 7.81. The van der Waals surface area contributed by atoms with E-state index in [9.17, 15) is 4.57 Å². The van der Waals surface area contributed by atoms with Crippen molar-refractivity contribution in [3.8, 4) is 0 Å². The minimum absolute atomic E-state index is 0.000957. The van der Waals surface area contributed by atoms with Crippen molar-refractivity contribution in [1.29, 1.82) is 0 Å². The fraction of sp³-hybridized carbons (Fsp3) is 1.00. The number of hydrogen-bond acceptors (Lipinski definition) is 3. The molecule has 0 aromatic rings. The summed E-state index contributed by atoms with van der Waals surface area (Å²) in [6, 6.07) is 0. The summed E-state index contributed by atoms with van der Waals surface area (Å²) in [5, 5.41) is 8.69. The molecule has 0 bridgehead atoms. The van der Waals surface area contributed by atoms with Crippen LogP contribution in [0.4, 0.5) is 0 Å². The molecule has 0 heterocycles. The van der Waals surface area contributed by atoms with Crippen LogP contribution in [0.25, 0.3) is 0 Å². The van der Waals surface area contributed by atoms with E-state index in [1.165, 1.54) is 0 Å². The van der Waals surface area contributed by atoms with Gasteiger partial charge in [-0.2, -0.15) is 0 Å². The molecule has 0 aromatic carbocycles. The van der Waals surface area contributed by atoms with E-state index in [4.69, 9.17) is 16.3 Å². The van der Waals surface area contributed by atoms with Crippen molar-refractivity contribution in [2.45, 2.75) is 13.8 Å². The number of aliphatic hydroxyl groups excluding tert-OH is 1. The van der Waals surface area contributed by atoms with Gasteiger partial charge in [-0.1, -0.05) is 13.8 Å². The maximum atomic E-state index is 10.3. The van der Waals surface area contributed by atoms with Gasteiger partial charge >= 0.3 is 0 Å². The van der Waals surface area contributed by atoms with Gasteiger partial charge < -0.3 is 9.63 Å². The van der Waals surface area contributed by atoms with Crippen molar-refractivity contribution in [2.75, 3.05) is 13.2 Å². The lowest BCUT2D eigenvalue weighted by Gasteiger charge is -2.19. The van der Waals surface area contributed by atoms with E-state index in [1.54, 1.807) is 13.8 Å². The molecule has 10 heavy (non-hydrogen) atoms. The van der Waals surface area contributed by atoms with Crippen LogP contribution in [0.2, 0.25) is 0 Å². The van der Waals surface area contributed by atoms with Crippen LogP contribution in [0.5, 0.6) is 0 Å². The highest BCUT2D eigenvalue weighted by atomic mass is 35.7. The van der Waals surface area contributed by atoms with Gasteiger partial charge in [0.25, 0.3) is 7.38 Å². The van der Waals surface area contributed by atoms with Crippen LogP contribution in [-0.4, -0.2) is 18.3 Å². The highest BCUT2D eigenvalue weighted by molar-refractivity contribution is 7.69. The van der Waals surface area contributed by atoms with E-state index in [1.807, 2.05) is 0 Å². The molecule has 0 aliphatic heterocycles. The summed E-state index contributed by atoms with van der Waals surface area (Å²) in [6.45, 7) is 3.83. The van der Waals surface area contributed by atoms with E-state index in [-0.39, 0.29) is 18.6 Å². The summed E-state index contributed by atoms with van der Waals surface area (Å²) in [4.78, 5) is 0. The van der Waals surface area contributed by atoms with Crippen molar-refractivity contribution in [1.82, 2.24) is 0 Å². The molecule has 0 amide bonds. The molecule has 1 atom stereocenters. The normalized spacial score (nSPS) is 15.2. The average Bonchev–Trinajstić information content (AvgIpc) is 1.85. The topological polar surface area (TPSA) is 46.5 Å². The first kappa shape index (κ1) is 10.4. The van der Waals surface area contributed by atoms with Crippen LogP contribution in [0.3, 0.4) is 0 Å². The second-order valence-corrected chi connectivity index (χ2v) is 4.54. The molecule has 0 aliphatic carbocycles. The highest BCUT2D eigenvalue weighted by Crippen LogP contribution is 2.30. The smallest absolute Gasteiger partial charge is 0.278 e. The fourth-order valence-corrected chi connectivity index (χ4v) is 0.966. The third-order valence-corrected chi connectivity index (χ3v) is 1.70. The standard InChI is InChI=1S/C5H12ClO3P/c1-5(2,3-7)4-9-10(6)8/h7,10H,3-4H2,1-2H3. The Kier molecular flexibility index (Phi) is 4.54. The predicted octanol–water partition coefficient (Wildman–Crippen LogP) is 1.65. The zero-order chi connectivity index (χ0) is 8.20. The molecule has 5 heteroatoms. The summed E-state index contributed by atoms with van der Waals surface area (Å²) in [6.07, 6.45) is 0. The Labute approximate surface area is 66.0 Å². The summed E-state index contributed by atoms with van der Waals surface area (Å²) >= 11 is 5.08. The molecular weight excluding hydrogens is 174 g/mol. The van der Waals surface area contributed by atoms with Gasteiger partial charge in [0.1, 0.15) is 0 Å². The molecule has 1 N–H and O–H groups in total. The Bertz CT molecular complexity index is 126. The minimum Gasteiger partial charge on any atom is -0.396 e. The van der Waals surface area contributed by atoms with Crippen molar-refractivity contribution in [3.63, 3.8) is 0 Å². The molecule has 3 nitrogen and oxygen atoms in total. The SMILES string of the molecule is CC(C)(CO)CO[PH](=O)Cl. The van der Waals surface area contributed by atoms with Gasteiger partial charge in [0.2, 0.25) is 0 Å². The van der Waals surface area contributed by atoms with Crippen molar-refractivity contribution in [3.05, 3.63) is 0 Å². The Morgan fingerprint density at radius 3 is 2.50 bits per heavy atom. The molecule has 0 saturated heterocycles. The lowest BCUT2D eigenvalue weighted by Crippen LogP contribution is -2.21. The summed E-state index contributed by atoms with van der Waals surface area (Å²) in [7, 11) is -2.37. The van der Waals surface area contributed by atoms with Crippen molar-refractivity contribution in [2.24, 2.45) is 5.41 Å². The fourth-order valence-electron chi connectivity index (χ4n) is 0.298. The van der Waals surface area contributed by atoms with E-state index < -0.39 is 7.38 Å². The molecule has 62 valence electrons. The van der Waals surface area contributed by atoms with E-state index >= 15 is 0 Å². The molecule has 0 aromatic heterocycles. The van der Waals surface area contributed by atoms with Crippen molar-refractivity contribution < 1.29 is 14.2 Å². The third kappa shape index (κ3) is 5.24. The van der Waals surface area contributed by atoms with Gasteiger partial charge in [0.15, 0.2) is 0 Å². The van der Waals surface area contributed by atoms with E-state index in [0.717, 1.165) is 0 Å². The highest BCUT2D eigenvalue weighted by Gasteiger charge is 2.17. The zero-order valence-electron chi connectivity index (χ0n) is 6.06. The molecule has 0 radical (unpaired) electrons. The van der Waals surface area contributed by atoms with Crippen molar-refractivity contribution >= 4 is 18.6 Å². The summed E-state index contributed by atoms with van der Waals surface area (Å²) in [5.41, 5.74) is -0.352.